The molecule has 0 heterocycles. The Morgan fingerprint density at radius 2 is 1.75 bits per heavy atom. The number of phenols is 1. The van der Waals surface area contributed by atoms with Gasteiger partial charge in [0.05, 0.1) is 0 Å². The van der Waals surface area contributed by atoms with Gasteiger partial charge in [-0.1, -0.05) is 43.3 Å². The Morgan fingerprint density at radius 3 is 2.38 bits per heavy atom. The van der Waals surface area contributed by atoms with Crippen molar-refractivity contribution < 1.29 is 9.84 Å². The summed E-state index contributed by atoms with van der Waals surface area (Å²) in [7, 11) is 0. The second kappa shape index (κ2) is 8.05. The number of benzene rings is 2. The number of allylic oxidation sites excluding steroid dienone is 1. The first-order valence-corrected chi connectivity index (χ1v) is 8.56. The predicted molar refractivity (Wildman–Crippen MR) is 101 cm³/mol. The molecule has 0 bridgehead atoms. The molecule has 2 rings (SSSR count). The van der Waals surface area contributed by atoms with Crippen molar-refractivity contribution in [1.82, 2.24) is 0 Å². The highest BCUT2D eigenvalue weighted by molar-refractivity contribution is 5.57. The van der Waals surface area contributed by atoms with Gasteiger partial charge in [0, 0.05) is 5.56 Å². The molecule has 0 amide bonds. The lowest BCUT2D eigenvalue weighted by atomic mass is 9.92. The molecule has 0 radical (unpaired) electrons. The second-order valence-electron chi connectivity index (χ2n) is 6.56. The summed E-state index contributed by atoms with van der Waals surface area (Å²) in [6.45, 7) is 12.5. The summed E-state index contributed by atoms with van der Waals surface area (Å²) < 4.78 is 6.13. The molecule has 0 saturated carbocycles. The lowest BCUT2D eigenvalue weighted by Crippen LogP contribution is -2.05. The van der Waals surface area contributed by atoms with Crippen LogP contribution in [0.15, 0.2) is 43.0 Å². The van der Waals surface area contributed by atoms with Crippen LogP contribution in [-0.4, -0.2) is 5.11 Å². The first kappa shape index (κ1) is 18.1. The smallest absolute Gasteiger partial charge is 0.126 e. The predicted octanol–water partition coefficient (Wildman–Crippen LogP) is 5.65. The zero-order valence-corrected chi connectivity index (χ0v) is 15.2. The van der Waals surface area contributed by atoms with Gasteiger partial charge in [-0.2, -0.15) is 0 Å². The number of aromatic hydroxyl groups is 1. The van der Waals surface area contributed by atoms with Crippen LogP contribution < -0.4 is 4.74 Å². The average molecular weight is 324 g/mol. The Morgan fingerprint density at radius 1 is 1.08 bits per heavy atom. The highest BCUT2D eigenvalue weighted by Crippen LogP contribution is 2.38. The first-order valence-electron chi connectivity index (χ1n) is 8.56. The maximum atomic E-state index is 10.6. The third-order valence-electron chi connectivity index (χ3n) is 4.82. The molecular formula is C22H28O2. The van der Waals surface area contributed by atoms with Gasteiger partial charge in [0.2, 0.25) is 0 Å². The Balaban J connectivity index is 2.29. The van der Waals surface area contributed by atoms with E-state index >= 15 is 0 Å². The molecule has 1 N–H and O–H groups in total. The molecular weight excluding hydrogens is 296 g/mol. The fraction of sp³-hybridized carbons (Fsp3) is 0.364. The number of rotatable bonds is 7. The van der Waals surface area contributed by atoms with Crippen molar-refractivity contribution in [2.45, 2.75) is 47.1 Å². The van der Waals surface area contributed by atoms with Crippen molar-refractivity contribution >= 4 is 0 Å². The monoisotopic (exact) mass is 324 g/mol. The fourth-order valence-corrected chi connectivity index (χ4v) is 2.91. The summed E-state index contributed by atoms with van der Waals surface area (Å²) in [6, 6.07) is 10.2. The normalized spacial score (nSPS) is 12.0. The molecule has 0 aliphatic heterocycles. The number of hydrogen-bond acceptors (Lipinski definition) is 2. The standard InChI is InChI=1S/C22H28O2/c1-6-15(2)12-13-20-18(5)22(17(4)16(3)21(20)23)24-14-19-10-8-7-9-11-19/h6-11,15,23H,1,12-14H2,2-5H3. The van der Waals surface area contributed by atoms with Crippen molar-refractivity contribution in [3.8, 4) is 11.5 Å². The molecule has 0 aromatic heterocycles. The van der Waals surface area contributed by atoms with Gasteiger partial charge >= 0.3 is 0 Å². The van der Waals surface area contributed by atoms with E-state index in [0.29, 0.717) is 18.3 Å². The molecule has 2 aromatic carbocycles. The molecule has 1 unspecified atom stereocenters. The number of ether oxygens (including phenoxy) is 1. The summed E-state index contributed by atoms with van der Waals surface area (Å²) in [4.78, 5) is 0. The summed E-state index contributed by atoms with van der Waals surface area (Å²) in [6.07, 6.45) is 3.76. The molecule has 24 heavy (non-hydrogen) atoms. The minimum absolute atomic E-state index is 0.410. The molecule has 2 heteroatoms. The van der Waals surface area contributed by atoms with Gasteiger partial charge in [-0.05, 0) is 61.8 Å². The van der Waals surface area contributed by atoms with Crippen LogP contribution in [0.5, 0.6) is 11.5 Å². The van der Waals surface area contributed by atoms with E-state index in [1.54, 1.807) is 0 Å². The van der Waals surface area contributed by atoms with Crippen LogP contribution in [0.4, 0.5) is 0 Å². The highest BCUT2D eigenvalue weighted by Gasteiger charge is 2.18. The van der Waals surface area contributed by atoms with E-state index in [-0.39, 0.29) is 0 Å². The highest BCUT2D eigenvalue weighted by atomic mass is 16.5. The minimum atomic E-state index is 0.410. The van der Waals surface area contributed by atoms with Gasteiger partial charge in [0.25, 0.3) is 0 Å². The third kappa shape index (κ3) is 4.00. The van der Waals surface area contributed by atoms with Gasteiger partial charge in [-0.15, -0.1) is 6.58 Å². The molecule has 1 atom stereocenters. The fourth-order valence-electron chi connectivity index (χ4n) is 2.91. The van der Waals surface area contributed by atoms with Crippen LogP contribution in [0, 0.1) is 26.7 Å². The summed E-state index contributed by atoms with van der Waals surface area (Å²) in [5, 5.41) is 10.6. The topological polar surface area (TPSA) is 29.5 Å². The summed E-state index contributed by atoms with van der Waals surface area (Å²) >= 11 is 0. The van der Waals surface area contributed by atoms with Crippen molar-refractivity contribution in [1.29, 1.82) is 0 Å². The molecule has 2 aromatic rings. The zero-order chi connectivity index (χ0) is 17.7. The Kier molecular flexibility index (Phi) is 6.08. The van der Waals surface area contributed by atoms with Gasteiger partial charge in [0.1, 0.15) is 18.1 Å². The van der Waals surface area contributed by atoms with E-state index in [1.165, 1.54) is 0 Å². The van der Waals surface area contributed by atoms with Crippen molar-refractivity contribution in [3.05, 3.63) is 70.8 Å². The SMILES string of the molecule is C=CC(C)CCc1c(C)c(OCc2ccccc2)c(C)c(C)c1O. The summed E-state index contributed by atoms with van der Waals surface area (Å²) in [5.74, 6) is 1.74. The molecule has 0 aliphatic rings. The Hall–Kier alpha value is -2.22. The van der Waals surface area contributed by atoms with Crippen LogP contribution in [0.2, 0.25) is 0 Å². The molecule has 2 nitrogen and oxygen atoms in total. The van der Waals surface area contributed by atoms with Gasteiger partial charge in [0.15, 0.2) is 0 Å². The molecule has 0 fully saturated rings. The molecule has 128 valence electrons. The minimum Gasteiger partial charge on any atom is -0.507 e. The van der Waals surface area contributed by atoms with E-state index in [1.807, 2.05) is 45.0 Å². The van der Waals surface area contributed by atoms with Crippen LogP contribution in [-0.2, 0) is 13.0 Å². The van der Waals surface area contributed by atoms with Crippen molar-refractivity contribution in [2.24, 2.45) is 5.92 Å². The lowest BCUT2D eigenvalue weighted by Gasteiger charge is -2.20. The average Bonchev–Trinajstić information content (AvgIpc) is 2.60. The van der Waals surface area contributed by atoms with Gasteiger partial charge < -0.3 is 9.84 Å². The summed E-state index contributed by atoms with van der Waals surface area (Å²) in [5.41, 5.74) is 5.10. The van der Waals surface area contributed by atoms with E-state index in [9.17, 15) is 5.11 Å². The number of phenolic OH excluding ortho intramolecular Hbond substituents is 1. The third-order valence-corrected chi connectivity index (χ3v) is 4.82. The maximum absolute atomic E-state index is 10.6. The van der Waals surface area contributed by atoms with Crippen LogP contribution in [0.3, 0.4) is 0 Å². The first-order chi connectivity index (χ1) is 11.5. The van der Waals surface area contributed by atoms with E-state index in [0.717, 1.165) is 46.4 Å². The second-order valence-corrected chi connectivity index (χ2v) is 6.56. The largest absolute Gasteiger partial charge is 0.507 e. The van der Waals surface area contributed by atoms with Gasteiger partial charge in [-0.3, -0.25) is 0 Å². The van der Waals surface area contributed by atoms with Crippen LogP contribution in [0.1, 0.15) is 41.2 Å². The van der Waals surface area contributed by atoms with Crippen LogP contribution >= 0.6 is 0 Å². The van der Waals surface area contributed by atoms with Gasteiger partial charge in [-0.25, -0.2) is 0 Å². The Labute approximate surface area is 145 Å². The van der Waals surface area contributed by atoms with E-state index in [4.69, 9.17) is 4.74 Å². The molecule has 0 spiro atoms. The van der Waals surface area contributed by atoms with Crippen molar-refractivity contribution in [2.75, 3.05) is 0 Å². The molecule has 0 saturated heterocycles. The van der Waals surface area contributed by atoms with Crippen molar-refractivity contribution in [3.63, 3.8) is 0 Å². The zero-order valence-electron chi connectivity index (χ0n) is 15.2. The molecule has 0 aliphatic carbocycles. The van der Waals surface area contributed by atoms with E-state index in [2.05, 4.69) is 25.6 Å². The van der Waals surface area contributed by atoms with Crippen LogP contribution in [0.25, 0.3) is 0 Å². The lowest BCUT2D eigenvalue weighted by molar-refractivity contribution is 0.300. The Bertz CT molecular complexity index is 702. The van der Waals surface area contributed by atoms with E-state index < -0.39 is 0 Å². The maximum Gasteiger partial charge on any atom is 0.126 e. The quantitative estimate of drug-likeness (QED) is 0.667. The number of hydrogen-bond donors (Lipinski definition) is 1.